The third-order valence-electron chi connectivity index (χ3n) is 3.08. The van der Waals surface area contributed by atoms with E-state index in [1.165, 1.54) is 0 Å². The van der Waals surface area contributed by atoms with Gasteiger partial charge in [0.05, 0.1) is 6.54 Å². The molecule has 1 saturated carbocycles. The van der Waals surface area contributed by atoms with Gasteiger partial charge in [0.25, 0.3) is 11.9 Å². The van der Waals surface area contributed by atoms with Crippen molar-refractivity contribution in [2.45, 2.75) is 18.9 Å². The second kappa shape index (κ2) is 6.20. The zero-order valence-electron chi connectivity index (χ0n) is 11.7. The van der Waals surface area contributed by atoms with Gasteiger partial charge >= 0.3 is 0 Å². The van der Waals surface area contributed by atoms with Gasteiger partial charge in [-0.05, 0) is 36.3 Å². The molecule has 1 fully saturated rings. The molecular formula is C13H15N7O2. The van der Waals surface area contributed by atoms with Gasteiger partial charge in [0.15, 0.2) is 0 Å². The number of nitrogens with zero attached hydrogens (tertiary/aromatic N) is 3. The van der Waals surface area contributed by atoms with Crippen LogP contribution < -0.4 is 16.0 Å². The van der Waals surface area contributed by atoms with Crippen molar-refractivity contribution in [2.24, 2.45) is 0 Å². The second-order valence-corrected chi connectivity index (χ2v) is 4.97. The van der Waals surface area contributed by atoms with Gasteiger partial charge in [0.2, 0.25) is 5.91 Å². The van der Waals surface area contributed by atoms with Crippen LogP contribution in [0.25, 0.3) is 0 Å². The maximum Gasteiger partial charge on any atom is 0.267 e. The lowest BCUT2D eigenvalue weighted by atomic mass is 10.2. The summed E-state index contributed by atoms with van der Waals surface area (Å²) in [5, 5.41) is 21.6. The van der Waals surface area contributed by atoms with Crippen molar-refractivity contribution in [2.75, 3.05) is 11.9 Å². The molecule has 4 N–H and O–H groups in total. The number of H-pyrrole nitrogens is 1. The van der Waals surface area contributed by atoms with Crippen LogP contribution in [-0.2, 0) is 4.79 Å². The van der Waals surface area contributed by atoms with Crippen LogP contribution >= 0.6 is 0 Å². The highest BCUT2D eigenvalue weighted by Crippen LogP contribution is 2.18. The van der Waals surface area contributed by atoms with Gasteiger partial charge in [-0.15, -0.1) is 5.10 Å². The number of tetrazole rings is 1. The third kappa shape index (κ3) is 3.78. The van der Waals surface area contributed by atoms with E-state index in [1.807, 2.05) is 0 Å². The highest BCUT2D eigenvalue weighted by molar-refractivity contribution is 5.97. The standard InChI is InChI=1S/C13H15N7O2/c21-11(15-9-4-5-9)7-14-12(22)8-2-1-3-10(6-8)16-13-17-19-20-18-13/h1-3,6,9H,4-5,7H2,(H,14,22)(H,15,21)(H2,16,17,18,19,20). The molecule has 0 unspecified atom stereocenters. The first-order chi connectivity index (χ1) is 10.7. The van der Waals surface area contributed by atoms with E-state index in [-0.39, 0.29) is 24.4 Å². The predicted octanol–water partition coefficient (Wildman–Crippen LogP) is -0.0483. The molecule has 1 aliphatic rings. The van der Waals surface area contributed by atoms with E-state index in [2.05, 4.69) is 36.6 Å². The Kier molecular flexibility index (Phi) is 3.95. The Labute approximate surface area is 125 Å². The zero-order valence-corrected chi connectivity index (χ0v) is 11.7. The Hall–Kier alpha value is -2.97. The van der Waals surface area contributed by atoms with Gasteiger partial charge in [-0.1, -0.05) is 11.2 Å². The minimum absolute atomic E-state index is 0.0299. The van der Waals surface area contributed by atoms with Crippen molar-refractivity contribution in [1.29, 1.82) is 0 Å². The Morgan fingerprint density at radius 3 is 2.91 bits per heavy atom. The maximum absolute atomic E-state index is 12.0. The summed E-state index contributed by atoms with van der Waals surface area (Å²) < 4.78 is 0. The highest BCUT2D eigenvalue weighted by Gasteiger charge is 2.23. The van der Waals surface area contributed by atoms with Crippen LogP contribution in [0.1, 0.15) is 23.2 Å². The van der Waals surface area contributed by atoms with Crippen molar-refractivity contribution in [3.63, 3.8) is 0 Å². The Morgan fingerprint density at radius 1 is 1.32 bits per heavy atom. The molecule has 0 aliphatic heterocycles. The number of rotatable bonds is 6. The molecule has 2 aromatic rings. The molecule has 1 aromatic carbocycles. The molecule has 9 nitrogen and oxygen atoms in total. The summed E-state index contributed by atoms with van der Waals surface area (Å²) in [6.07, 6.45) is 2.03. The summed E-state index contributed by atoms with van der Waals surface area (Å²) >= 11 is 0. The van der Waals surface area contributed by atoms with E-state index < -0.39 is 0 Å². The van der Waals surface area contributed by atoms with Crippen LogP contribution in [0, 0.1) is 0 Å². The number of nitrogens with one attached hydrogen (secondary N) is 4. The minimum Gasteiger partial charge on any atom is -0.352 e. The summed E-state index contributed by atoms with van der Waals surface area (Å²) in [6.45, 7) is -0.0299. The van der Waals surface area contributed by atoms with Gasteiger partial charge in [-0.25, -0.2) is 0 Å². The number of carbonyl (C=O) groups is 2. The van der Waals surface area contributed by atoms with E-state index in [4.69, 9.17) is 0 Å². The largest absolute Gasteiger partial charge is 0.352 e. The molecule has 22 heavy (non-hydrogen) atoms. The van der Waals surface area contributed by atoms with E-state index >= 15 is 0 Å². The minimum atomic E-state index is -0.317. The smallest absolute Gasteiger partial charge is 0.267 e. The maximum atomic E-state index is 12.0. The molecule has 0 atom stereocenters. The molecule has 1 aliphatic carbocycles. The molecule has 0 bridgehead atoms. The van der Waals surface area contributed by atoms with Crippen LogP contribution in [-0.4, -0.2) is 45.0 Å². The van der Waals surface area contributed by atoms with Gasteiger partial charge in [0, 0.05) is 17.3 Å². The monoisotopic (exact) mass is 301 g/mol. The molecule has 0 spiro atoms. The SMILES string of the molecule is O=C(CNC(=O)c1cccc(Nc2nn[nH]n2)c1)NC1CC1. The lowest BCUT2D eigenvalue weighted by Crippen LogP contribution is -2.37. The molecule has 0 saturated heterocycles. The van der Waals surface area contributed by atoms with Crippen LogP contribution in [0.4, 0.5) is 11.6 Å². The molecule has 0 radical (unpaired) electrons. The molecule has 2 amide bonds. The summed E-state index contributed by atoms with van der Waals surface area (Å²) in [6, 6.07) is 7.08. The summed E-state index contributed by atoms with van der Waals surface area (Å²) in [5.41, 5.74) is 1.09. The number of benzene rings is 1. The highest BCUT2D eigenvalue weighted by atomic mass is 16.2. The van der Waals surface area contributed by atoms with Crippen molar-refractivity contribution >= 4 is 23.5 Å². The number of hydrogen-bond donors (Lipinski definition) is 4. The van der Waals surface area contributed by atoms with Crippen LogP contribution in [0.5, 0.6) is 0 Å². The quantitative estimate of drug-likeness (QED) is 0.593. The fourth-order valence-electron chi connectivity index (χ4n) is 1.85. The molecule has 114 valence electrons. The number of aromatic nitrogens is 4. The van der Waals surface area contributed by atoms with Crippen LogP contribution in [0.15, 0.2) is 24.3 Å². The van der Waals surface area contributed by atoms with E-state index in [0.29, 0.717) is 17.2 Å². The van der Waals surface area contributed by atoms with Crippen LogP contribution in [0.2, 0.25) is 0 Å². The van der Waals surface area contributed by atoms with E-state index in [1.54, 1.807) is 24.3 Å². The Bertz CT molecular complexity index is 667. The number of carbonyl (C=O) groups excluding carboxylic acids is 2. The summed E-state index contributed by atoms with van der Waals surface area (Å²) in [4.78, 5) is 23.6. The van der Waals surface area contributed by atoms with E-state index in [9.17, 15) is 9.59 Å². The number of hydrogen-bond acceptors (Lipinski definition) is 6. The molecule has 3 rings (SSSR count). The van der Waals surface area contributed by atoms with Gasteiger partial charge in [0.1, 0.15) is 0 Å². The normalized spacial score (nSPS) is 13.5. The first-order valence-corrected chi connectivity index (χ1v) is 6.89. The fourth-order valence-corrected chi connectivity index (χ4v) is 1.85. The summed E-state index contributed by atoms with van der Waals surface area (Å²) in [5.74, 6) is -0.180. The first kappa shape index (κ1) is 14.0. The average molecular weight is 301 g/mol. The van der Waals surface area contributed by atoms with Gasteiger partial charge in [-0.2, -0.15) is 5.21 Å². The first-order valence-electron chi connectivity index (χ1n) is 6.89. The average Bonchev–Trinajstić information content (AvgIpc) is 3.18. The number of anilines is 2. The van der Waals surface area contributed by atoms with Crippen molar-refractivity contribution in [3.8, 4) is 0 Å². The van der Waals surface area contributed by atoms with E-state index in [0.717, 1.165) is 12.8 Å². The predicted molar refractivity (Wildman–Crippen MR) is 77.4 cm³/mol. The van der Waals surface area contributed by atoms with Gasteiger partial charge < -0.3 is 16.0 Å². The molecular weight excluding hydrogens is 286 g/mol. The second-order valence-electron chi connectivity index (χ2n) is 4.97. The lowest BCUT2D eigenvalue weighted by Gasteiger charge is -2.07. The zero-order chi connectivity index (χ0) is 15.4. The van der Waals surface area contributed by atoms with Crippen molar-refractivity contribution < 1.29 is 9.59 Å². The van der Waals surface area contributed by atoms with Crippen molar-refractivity contribution in [3.05, 3.63) is 29.8 Å². The third-order valence-corrected chi connectivity index (χ3v) is 3.08. The molecule has 1 aromatic heterocycles. The number of aromatic amines is 1. The lowest BCUT2D eigenvalue weighted by molar-refractivity contribution is -0.120. The Balaban J connectivity index is 1.56. The Morgan fingerprint density at radius 2 is 2.18 bits per heavy atom. The topological polar surface area (TPSA) is 125 Å². The summed E-state index contributed by atoms with van der Waals surface area (Å²) in [7, 11) is 0. The van der Waals surface area contributed by atoms with Crippen molar-refractivity contribution in [1.82, 2.24) is 31.3 Å². The fraction of sp³-hybridized carbons (Fsp3) is 0.308. The molecule has 1 heterocycles. The number of amides is 2. The molecule has 9 heteroatoms. The van der Waals surface area contributed by atoms with Gasteiger partial charge in [-0.3, -0.25) is 9.59 Å². The van der Waals surface area contributed by atoms with Crippen LogP contribution in [0.3, 0.4) is 0 Å².